The number of carbonyl (C=O) groups excluding carboxylic acids is 1. The molecule has 1 atom stereocenters. The Hall–Kier alpha value is -0.650. The smallest absolute Gasteiger partial charge is 0.246 e. The van der Waals surface area contributed by atoms with Gasteiger partial charge < -0.3 is 20.3 Å². The predicted molar refractivity (Wildman–Crippen MR) is 77.6 cm³/mol. The number of nitrogens with one attached hydrogen (secondary N) is 2. The van der Waals surface area contributed by atoms with Crippen LogP contribution in [0.5, 0.6) is 0 Å². The molecule has 0 bridgehead atoms. The third-order valence-corrected chi connectivity index (χ3v) is 5.27. The number of hydrogen-bond acceptors (Lipinski definition) is 4. The Morgan fingerprint density at radius 3 is 2.75 bits per heavy atom. The summed E-state index contributed by atoms with van der Waals surface area (Å²) < 4.78 is 5.76. The van der Waals surface area contributed by atoms with Gasteiger partial charge in [0.2, 0.25) is 5.91 Å². The highest BCUT2D eigenvalue weighted by molar-refractivity contribution is 5.77. The Labute approximate surface area is 121 Å². The minimum atomic E-state index is 0.0592. The van der Waals surface area contributed by atoms with Gasteiger partial charge in [-0.05, 0) is 52.1 Å². The molecule has 20 heavy (non-hydrogen) atoms. The van der Waals surface area contributed by atoms with Gasteiger partial charge >= 0.3 is 0 Å². The van der Waals surface area contributed by atoms with Crippen molar-refractivity contribution in [2.75, 3.05) is 33.3 Å². The van der Waals surface area contributed by atoms with Crippen molar-refractivity contribution >= 4 is 5.91 Å². The number of nitrogens with zero attached hydrogens (tertiary/aromatic N) is 1. The van der Waals surface area contributed by atoms with Gasteiger partial charge in [-0.1, -0.05) is 0 Å². The summed E-state index contributed by atoms with van der Waals surface area (Å²) in [7, 11) is 2.13. The first-order valence-corrected chi connectivity index (χ1v) is 8.02. The van der Waals surface area contributed by atoms with Gasteiger partial charge in [-0.25, -0.2) is 0 Å². The summed E-state index contributed by atoms with van der Waals surface area (Å²) in [5, 5.41) is 6.76. The van der Waals surface area contributed by atoms with E-state index in [4.69, 9.17) is 4.74 Å². The van der Waals surface area contributed by atoms with E-state index in [0.29, 0.717) is 6.04 Å². The number of likely N-dealkylation sites (tertiary alicyclic amines) is 1. The maximum atomic E-state index is 12.1. The van der Waals surface area contributed by atoms with Crippen LogP contribution < -0.4 is 10.6 Å². The van der Waals surface area contributed by atoms with Gasteiger partial charge in [0, 0.05) is 24.7 Å². The van der Waals surface area contributed by atoms with Crippen LogP contribution in [0.3, 0.4) is 0 Å². The van der Waals surface area contributed by atoms with E-state index in [0.717, 1.165) is 38.9 Å². The van der Waals surface area contributed by atoms with Crippen molar-refractivity contribution in [3.8, 4) is 0 Å². The van der Waals surface area contributed by atoms with Crippen molar-refractivity contribution in [1.82, 2.24) is 15.5 Å². The molecular weight excluding hydrogens is 254 g/mol. The van der Waals surface area contributed by atoms with Crippen LogP contribution in [0, 0.1) is 0 Å². The third-order valence-electron chi connectivity index (χ3n) is 5.27. The summed E-state index contributed by atoms with van der Waals surface area (Å²) in [6, 6.07) is 0.310. The van der Waals surface area contributed by atoms with E-state index in [1.807, 2.05) is 0 Å². The second kappa shape index (κ2) is 6.00. The topological polar surface area (TPSA) is 53.6 Å². The highest BCUT2D eigenvalue weighted by Crippen LogP contribution is 2.39. The molecule has 5 nitrogen and oxygen atoms in total. The lowest BCUT2D eigenvalue weighted by molar-refractivity contribution is -0.130. The van der Waals surface area contributed by atoms with E-state index in [-0.39, 0.29) is 24.2 Å². The zero-order valence-electron chi connectivity index (χ0n) is 12.5. The normalized spacial score (nSPS) is 30.4. The molecule has 1 spiro atoms. The molecular formula is C15H27N3O2. The van der Waals surface area contributed by atoms with Gasteiger partial charge in [0.05, 0.1) is 6.10 Å². The SMILES string of the molecule is CN1CCC(OCC(=O)NC2CCNC23CCC3)CC1. The fraction of sp³-hybridized carbons (Fsp3) is 0.933. The van der Waals surface area contributed by atoms with Crippen LogP contribution in [0.4, 0.5) is 0 Å². The van der Waals surface area contributed by atoms with Crippen LogP contribution in [0.25, 0.3) is 0 Å². The lowest BCUT2D eigenvalue weighted by atomic mass is 9.73. The van der Waals surface area contributed by atoms with Crippen molar-refractivity contribution < 1.29 is 9.53 Å². The molecule has 1 aliphatic carbocycles. The molecule has 3 rings (SSSR count). The Kier molecular flexibility index (Phi) is 4.29. The van der Waals surface area contributed by atoms with E-state index < -0.39 is 0 Å². The van der Waals surface area contributed by atoms with Gasteiger partial charge in [-0.15, -0.1) is 0 Å². The molecule has 114 valence electrons. The summed E-state index contributed by atoms with van der Waals surface area (Å²) in [4.78, 5) is 14.4. The molecule has 1 saturated carbocycles. The van der Waals surface area contributed by atoms with E-state index in [1.165, 1.54) is 19.3 Å². The zero-order valence-corrected chi connectivity index (χ0v) is 12.5. The molecule has 2 heterocycles. The van der Waals surface area contributed by atoms with Gasteiger partial charge in [0.1, 0.15) is 6.61 Å². The van der Waals surface area contributed by atoms with Gasteiger partial charge in [-0.2, -0.15) is 0 Å². The first-order valence-electron chi connectivity index (χ1n) is 8.02. The molecule has 5 heteroatoms. The number of piperidine rings is 1. The number of carbonyl (C=O) groups is 1. The third kappa shape index (κ3) is 3.00. The van der Waals surface area contributed by atoms with Crippen molar-refractivity contribution in [1.29, 1.82) is 0 Å². The standard InChI is InChI=1S/C15H27N3O2/c1-18-9-4-12(5-10-18)20-11-14(19)17-13-3-8-16-15(13)6-2-7-15/h12-13,16H,2-11H2,1H3,(H,17,19). The average Bonchev–Trinajstić information content (AvgIpc) is 2.82. The van der Waals surface area contributed by atoms with E-state index >= 15 is 0 Å². The van der Waals surface area contributed by atoms with E-state index in [9.17, 15) is 4.79 Å². The highest BCUT2D eigenvalue weighted by atomic mass is 16.5. The predicted octanol–water partition coefficient (Wildman–Crippen LogP) is 0.498. The molecule has 2 saturated heterocycles. The van der Waals surface area contributed by atoms with Gasteiger partial charge in [0.15, 0.2) is 0 Å². The van der Waals surface area contributed by atoms with E-state index in [1.54, 1.807) is 0 Å². The molecule has 3 fully saturated rings. The summed E-state index contributed by atoms with van der Waals surface area (Å²) in [5.74, 6) is 0.0592. The fourth-order valence-electron chi connectivity index (χ4n) is 3.74. The number of hydrogen-bond donors (Lipinski definition) is 2. The molecule has 1 unspecified atom stereocenters. The van der Waals surface area contributed by atoms with Crippen LogP contribution in [0.15, 0.2) is 0 Å². The first kappa shape index (κ1) is 14.3. The van der Waals surface area contributed by atoms with Gasteiger partial charge in [-0.3, -0.25) is 4.79 Å². The number of ether oxygens (including phenoxy) is 1. The van der Waals surface area contributed by atoms with Crippen molar-refractivity contribution in [3.05, 3.63) is 0 Å². The second-order valence-corrected chi connectivity index (χ2v) is 6.66. The quantitative estimate of drug-likeness (QED) is 0.788. The maximum Gasteiger partial charge on any atom is 0.246 e. The van der Waals surface area contributed by atoms with Gasteiger partial charge in [0.25, 0.3) is 0 Å². The molecule has 0 aromatic heterocycles. The Morgan fingerprint density at radius 1 is 1.35 bits per heavy atom. The number of amides is 1. The average molecular weight is 281 g/mol. The van der Waals surface area contributed by atoms with Crippen LogP contribution in [0.2, 0.25) is 0 Å². The summed E-state index contributed by atoms with van der Waals surface area (Å²) in [6.45, 7) is 3.39. The van der Waals surface area contributed by atoms with E-state index in [2.05, 4.69) is 22.6 Å². The largest absolute Gasteiger partial charge is 0.368 e. The molecule has 0 aromatic rings. The molecule has 3 aliphatic rings. The molecule has 1 amide bonds. The lowest BCUT2D eigenvalue weighted by Crippen LogP contribution is -2.59. The minimum absolute atomic E-state index is 0.0592. The molecule has 2 N–H and O–H groups in total. The van der Waals surface area contributed by atoms with Crippen molar-refractivity contribution in [2.24, 2.45) is 0 Å². The van der Waals surface area contributed by atoms with Crippen LogP contribution in [0.1, 0.15) is 38.5 Å². The van der Waals surface area contributed by atoms with Crippen LogP contribution in [-0.4, -0.2) is 61.8 Å². The summed E-state index contributed by atoms with van der Waals surface area (Å²) in [5.41, 5.74) is 0.212. The second-order valence-electron chi connectivity index (χ2n) is 6.66. The Bertz CT molecular complexity index is 349. The molecule has 2 aliphatic heterocycles. The molecule has 0 aromatic carbocycles. The minimum Gasteiger partial charge on any atom is -0.368 e. The summed E-state index contributed by atoms with van der Waals surface area (Å²) >= 11 is 0. The van der Waals surface area contributed by atoms with Crippen LogP contribution in [-0.2, 0) is 9.53 Å². The maximum absolute atomic E-state index is 12.1. The number of rotatable bonds is 4. The fourth-order valence-corrected chi connectivity index (χ4v) is 3.74. The Balaban J connectivity index is 1.39. The first-order chi connectivity index (χ1) is 9.68. The summed E-state index contributed by atoms with van der Waals surface area (Å²) in [6.07, 6.45) is 7.08. The van der Waals surface area contributed by atoms with Crippen molar-refractivity contribution in [2.45, 2.75) is 56.2 Å². The zero-order chi connectivity index (χ0) is 14.0. The molecule has 0 radical (unpaired) electrons. The van der Waals surface area contributed by atoms with Crippen molar-refractivity contribution in [3.63, 3.8) is 0 Å². The highest BCUT2D eigenvalue weighted by Gasteiger charge is 2.47. The lowest BCUT2D eigenvalue weighted by Gasteiger charge is -2.43. The van der Waals surface area contributed by atoms with Crippen LogP contribution >= 0.6 is 0 Å². The Morgan fingerprint density at radius 2 is 2.10 bits per heavy atom. The monoisotopic (exact) mass is 281 g/mol.